The minimum Gasteiger partial charge on any atom is -0.296 e. The maximum atomic E-state index is 13.2. The lowest BCUT2D eigenvalue weighted by molar-refractivity contribution is 0.0755. The molecule has 0 aliphatic carbocycles. The van der Waals surface area contributed by atoms with Crippen molar-refractivity contribution in [3.05, 3.63) is 35.4 Å². The predicted octanol–water partition coefficient (Wildman–Crippen LogP) is 4.05. The van der Waals surface area contributed by atoms with Gasteiger partial charge in [-0.25, -0.2) is 8.78 Å². The average Bonchev–Trinajstić information content (AvgIpc) is 2.51. The first-order chi connectivity index (χ1) is 9.99. The van der Waals surface area contributed by atoms with Gasteiger partial charge in [0.2, 0.25) is 0 Å². The Bertz CT molecular complexity index is 502. The zero-order valence-electron chi connectivity index (χ0n) is 12.8. The van der Waals surface area contributed by atoms with Crippen molar-refractivity contribution in [1.29, 1.82) is 0 Å². The third-order valence-corrected chi connectivity index (χ3v) is 5.03. The highest BCUT2D eigenvalue weighted by Crippen LogP contribution is 2.37. The molecule has 0 aromatic heterocycles. The largest absolute Gasteiger partial charge is 0.296 e. The van der Waals surface area contributed by atoms with Gasteiger partial charge in [0.1, 0.15) is 0 Å². The lowest BCUT2D eigenvalue weighted by atomic mass is 9.74. The van der Waals surface area contributed by atoms with Crippen molar-refractivity contribution in [3.63, 3.8) is 0 Å². The van der Waals surface area contributed by atoms with Crippen LogP contribution in [0.1, 0.15) is 49.9 Å². The molecule has 1 aromatic rings. The van der Waals surface area contributed by atoms with Gasteiger partial charge in [-0.1, -0.05) is 26.7 Å². The second-order valence-corrected chi connectivity index (χ2v) is 6.04. The zero-order chi connectivity index (χ0) is 15.5. The highest BCUT2D eigenvalue weighted by atomic mass is 19.2. The van der Waals surface area contributed by atoms with Crippen molar-refractivity contribution < 1.29 is 13.6 Å². The summed E-state index contributed by atoms with van der Waals surface area (Å²) in [5.41, 5.74) is 0.665. The van der Waals surface area contributed by atoms with Gasteiger partial charge in [0, 0.05) is 5.56 Å². The summed E-state index contributed by atoms with van der Waals surface area (Å²) in [7, 11) is 0. The molecule has 0 radical (unpaired) electrons. The summed E-state index contributed by atoms with van der Waals surface area (Å²) in [6.07, 6.45) is 4.55. The van der Waals surface area contributed by atoms with Crippen LogP contribution in [0, 0.1) is 17.0 Å². The highest BCUT2D eigenvalue weighted by molar-refractivity contribution is 5.97. The highest BCUT2D eigenvalue weighted by Gasteiger charge is 2.31. The number of ketones is 1. The molecule has 1 saturated heterocycles. The molecule has 2 rings (SSSR count). The van der Waals surface area contributed by atoms with Crippen LogP contribution in [-0.4, -0.2) is 30.3 Å². The van der Waals surface area contributed by atoms with Gasteiger partial charge in [0.25, 0.3) is 0 Å². The summed E-state index contributed by atoms with van der Waals surface area (Å²) >= 11 is 0. The second-order valence-electron chi connectivity index (χ2n) is 6.04. The number of piperidine rings is 1. The van der Waals surface area contributed by atoms with Gasteiger partial charge in [-0.3, -0.25) is 9.69 Å². The molecule has 116 valence electrons. The molecule has 0 saturated carbocycles. The van der Waals surface area contributed by atoms with Crippen molar-refractivity contribution in [2.45, 2.75) is 39.5 Å². The first kappa shape index (κ1) is 16.1. The summed E-state index contributed by atoms with van der Waals surface area (Å²) in [5, 5.41) is 0. The first-order valence-corrected chi connectivity index (χ1v) is 7.70. The van der Waals surface area contributed by atoms with Gasteiger partial charge in [-0.15, -0.1) is 0 Å². The normalized spacial score (nSPS) is 18.7. The van der Waals surface area contributed by atoms with E-state index in [1.54, 1.807) is 0 Å². The van der Waals surface area contributed by atoms with E-state index in [0.29, 0.717) is 5.41 Å². The Kier molecular flexibility index (Phi) is 5.09. The summed E-state index contributed by atoms with van der Waals surface area (Å²) in [6.45, 7) is 6.54. The van der Waals surface area contributed by atoms with Crippen LogP contribution < -0.4 is 0 Å². The number of rotatable bonds is 5. The van der Waals surface area contributed by atoms with Crippen LogP contribution in [0.15, 0.2) is 18.2 Å². The van der Waals surface area contributed by atoms with Crippen LogP contribution in [0.2, 0.25) is 0 Å². The molecule has 0 N–H and O–H groups in total. The van der Waals surface area contributed by atoms with Crippen molar-refractivity contribution in [3.8, 4) is 0 Å². The second kappa shape index (κ2) is 6.65. The molecule has 1 aromatic carbocycles. The molecule has 0 atom stereocenters. The van der Waals surface area contributed by atoms with Gasteiger partial charge in [0.15, 0.2) is 17.4 Å². The van der Waals surface area contributed by atoms with Crippen molar-refractivity contribution >= 4 is 5.78 Å². The van der Waals surface area contributed by atoms with Crippen molar-refractivity contribution in [2.75, 3.05) is 19.6 Å². The Balaban J connectivity index is 1.94. The minimum atomic E-state index is -0.963. The molecule has 0 amide bonds. The lowest BCUT2D eigenvalue weighted by Crippen LogP contribution is -2.41. The van der Waals surface area contributed by atoms with E-state index < -0.39 is 11.6 Å². The van der Waals surface area contributed by atoms with E-state index >= 15 is 0 Å². The minimum absolute atomic E-state index is 0.144. The number of hydrogen-bond acceptors (Lipinski definition) is 2. The summed E-state index contributed by atoms with van der Waals surface area (Å²) in [6, 6.07) is 3.36. The van der Waals surface area contributed by atoms with Gasteiger partial charge >= 0.3 is 0 Å². The number of carbonyl (C=O) groups is 1. The van der Waals surface area contributed by atoms with Crippen LogP contribution in [0.25, 0.3) is 0 Å². The van der Waals surface area contributed by atoms with Gasteiger partial charge in [0.05, 0.1) is 6.54 Å². The third-order valence-electron chi connectivity index (χ3n) is 5.03. The maximum absolute atomic E-state index is 13.2. The molecule has 0 unspecified atom stereocenters. The van der Waals surface area contributed by atoms with Gasteiger partial charge < -0.3 is 0 Å². The van der Waals surface area contributed by atoms with Gasteiger partial charge in [-0.2, -0.15) is 0 Å². The number of Topliss-reactive ketones (excluding diaryl/α,β-unsaturated/α-hetero) is 1. The maximum Gasteiger partial charge on any atom is 0.176 e. The zero-order valence-corrected chi connectivity index (χ0v) is 12.8. The fourth-order valence-corrected chi connectivity index (χ4v) is 3.11. The van der Waals surface area contributed by atoms with E-state index in [1.807, 2.05) is 0 Å². The monoisotopic (exact) mass is 295 g/mol. The fraction of sp³-hybridized carbons (Fsp3) is 0.588. The van der Waals surface area contributed by atoms with E-state index in [-0.39, 0.29) is 17.9 Å². The summed E-state index contributed by atoms with van der Waals surface area (Å²) < 4.78 is 26.1. The molecular formula is C17H23F2NO. The molecule has 4 heteroatoms. The van der Waals surface area contributed by atoms with E-state index in [2.05, 4.69) is 18.7 Å². The van der Waals surface area contributed by atoms with E-state index in [0.717, 1.165) is 38.1 Å². The topological polar surface area (TPSA) is 20.3 Å². The Labute approximate surface area is 125 Å². The van der Waals surface area contributed by atoms with Crippen molar-refractivity contribution in [2.24, 2.45) is 5.41 Å². The number of halogens is 2. The standard InChI is InChI=1S/C17H23F2NO/c1-3-17(4-2)7-9-20(10-8-17)12-16(21)13-5-6-14(18)15(19)11-13/h5-6,11H,3-4,7-10,12H2,1-2H3. The molecule has 21 heavy (non-hydrogen) atoms. The number of benzene rings is 1. The predicted molar refractivity (Wildman–Crippen MR) is 79.4 cm³/mol. The number of hydrogen-bond donors (Lipinski definition) is 0. The molecule has 2 nitrogen and oxygen atoms in total. The quantitative estimate of drug-likeness (QED) is 0.764. The lowest BCUT2D eigenvalue weighted by Gasteiger charge is -2.40. The molecule has 0 bridgehead atoms. The fourth-order valence-electron chi connectivity index (χ4n) is 3.11. The van der Waals surface area contributed by atoms with Crippen LogP contribution in [-0.2, 0) is 0 Å². The Morgan fingerprint density at radius 3 is 2.29 bits per heavy atom. The Morgan fingerprint density at radius 2 is 1.76 bits per heavy atom. The van der Waals surface area contributed by atoms with Crippen molar-refractivity contribution in [1.82, 2.24) is 4.90 Å². The number of nitrogens with zero attached hydrogens (tertiary/aromatic N) is 1. The third kappa shape index (κ3) is 3.67. The molecule has 0 spiro atoms. The summed E-state index contributed by atoms with van der Waals surface area (Å²) in [4.78, 5) is 14.3. The number of likely N-dealkylation sites (tertiary alicyclic amines) is 1. The molecule has 1 aliphatic rings. The number of carbonyl (C=O) groups excluding carboxylic acids is 1. The molecule has 1 fully saturated rings. The smallest absolute Gasteiger partial charge is 0.176 e. The SMILES string of the molecule is CCC1(CC)CCN(CC(=O)c2ccc(F)c(F)c2)CC1. The van der Waals surface area contributed by atoms with E-state index in [9.17, 15) is 13.6 Å². The van der Waals surface area contributed by atoms with Crippen LogP contribution >= 0.6 is 0 Å². The Morgan fingerprint density at radius 1 is 1.14 bits per heavy atom. The summed E-state index contributed by atoms with van der Waals surface area (Å²) in [5.74, 6) is -2.02. The Hall–Kier alpha value is -1.29. The molecule has 1 aliphatic heterocycles. The molecule has 1 heterocycles. The van der Waals surface area contributed by atoms with E-state index in [4.69, 9.17) is 0 Å². The first-order valence-electron chi connectivity index (χ1n) is 7.70. The average molecular weight is 295 g/mol. The van der Waals surface area contributed by atoms with Crippen LogP contribution in [0.4, 0.5) is 8.78 Å². The van der Waals surface area contributed by atoms with Crippen LogP contribution in [0.5, 0.6) is 0 Å². The van der Waals surface area contributed by atoms with Crippen LogP contribution in [0.3, 0.4) is 0 Å². The van der Waals surface area contributed by atoms with E-state index in [1.165, 1.54) is 18.9 Å². The van der Waals surface area contributed by atoms with Gasteiger partial charge in [-0.05, 0) is 49.5 Å². The molecular weight excluding hydrogens is 272 g/mol.